The zero-order valence-corrected chi connectivity index (χ0v) is 20.1. The van der Waals surface area contributed by atoms with Gasteiger partial charge in [-0.25, -0.2) is 13.1 Å². The summed E-state index contributed by atoms with van der Waals surface area (Å²) in [6, 6.07) is 9.91. The van der Waals surface area contributed by atoms with Gasteiger partial charge in [0.2, 0.25) is 15.9 Å². The molecule has 1 saturated carbocycles. The van der Waals surface area contributed by atoms with E-state index < -0.39 is 10.0 Å². The summed E-state index contributed by atoms with van der Waals surface area (Å²) in [5, 5.41) is 5.59. The molecule has 8 nitrogen and oxygen atoms in total. The minimum atomic E-state index is -3.72. The normalized spacial score (nSPS) is 14.2. The monoisotopic (exact) mass is 473 g/mol. The van der Waals surface area contributed by atoms with Crippen LogP contribution >= 0.6 is 0 Å². The van der Waals surface area contributed by atoms with Gasteiger partial charge in [-0.05, 0) is 74.2 Å². The average molecular weight is 474 g/mol. The van der Waals surface area contributed by atoms with Crippen molar-refractivity contribution >= 4 is 27.5 Å². The Morgan fingerprint density at radius 2 is 1.67 bits per heavy atom. The molecule has 0 aromatic heterocycles. The van der Waals surface area contributed by atoms with Crippen LogP contribution in [0.4, 0.5) is 5.69 Å². The Morgan fingerprint density at radius 1 is 1.00 bits per heavy atom. The number of hydrogen-bond donors (Lipinski definition) is 3. The highest BCUT2D eigenvalue weighted by atomic mass is 32.2. The zero-order valence-electron chi connectivity index (χ0n) is 19.2. The Labute approximate surface area is 195 Å². The molecule has 0 atom stereocenters. The number of anilines is 1. The van der Waals surface area contributed by atoms with Crippen LogP contribution in [0.3, 0.4) is 0 Å². The smallest absolute Gasteiger partial charge is 0.251 e. The highest BCUT2D eigenvalue weighted by Crippen LogP contribution is 2.26. The molecule has 0 heterocycles. The van der Waals surface area contributed by atoms with Crippen LogP contribution in [0.1, 0.15) is 47.2 Å². The molecule has 0 radical (unpaired) electrons. The zero-order chi connectivity index (χ0) is 24.0. The van der Waals surface area contributed by atoms with Crippen LogP contribution in [0.2, 0.25) is 0 Å². The quantitative estimate of drug-likeness (QED) is 0.484. The van der Waals surface area contributed by atoms with Crippen LogP contribution in [0, 0.1) is 19.8 Å². The molecule has 1 fully saturated rings. The summed E-state index contributed by atoms with van der Waals surface area (Å²) in [6.45, 7) is 3.67. The first-order valence-corrected chi connectivity index (χ1v) is 12.5. The van der Waals surface area contributed by atoms with E-state index >= 15 is 0 Å². The fourth-order valence-electron chi connectivity index (χ4n) is 3.95. The highest BCUT2D eigenvalue weighted by Gasteiger charge is 2.22. The van der Waals surface area contributed by atoms with Gasteiger partial charge in [-0.3, -0.25) is 9.59 Å². The van der Waals surface area contributed by atoms with Crippen molar-refractivity contribution in [3.8, 4) is 5.75 Å². The van der Waals surface area contributed by atoms with E-state index in [0.29, 0.717) is 22.6 Å². The Bertz CT molecular complexity index is 1110. The van der Waals surface area contributed by atoms with Crippen molar-refractivity contribution < 1.29 is 22.7 Å². The SMILES string of the molecule is COc1cc(C)c(S(=O)(=O)NCCNC(=O)c2ccc(NC(=O)C3CCCC3)cc2)cc1C. The van der Waals surface area contributed by atoms with Crippen molar-refractivity contribution in [2.45, 2.75) is 44.4 Å². The third kappa shape index (κ3) is 6.33. The summed E-state index contributed by atoms with van der Waals surface area (Å²) in [5.74, 6) is 0.406. The maximum Gasteiger partial charge on any atom is 0.251 e. The summed E-state index contributed by atoms with van der Waals surface area (Å²) in [5.41, 5.74) is 2.38. The second-order valence-electron chi connectivity index (χ2n) is 8.29. The molecule has 1 aliphatic rings. The topological polar surface area (TPSA) is 114 Å². The molecule has 1 aliphatic carbocycles. The standard InChI is InChI=1S/C24H31N3O5S/c1-16-15-22(17(2)14-21(16)32-3)33(30,31)26-13-12-25-23(28)19-8-10-20(11-9-19)27-24(29)18-6-4-5-7-18/h8-11,14-15,18,26H,4-7,12-13H2,1-3H3,(H,25,28)(H,27,29). The number of aryl methyl sites for hydroxylation is 2. The van der Waals surface area contributed by atoms with Crippen LogP contribution in [-0.2, 0) is 14.8 Å². The summed E-state index contributed by atoms with van der Waals surface area (Å²) in [6.07, 6.45) is 4.03. The lowest BCUT2D eigenvalue weighted by Gasteiger charge is -2.13. The van der Waals surface area contributed by atoms with Crippen molar-refractivity contribution in [1.29, 1.82) is 0 Å². The Balaban J connectivity index is 1.49. The van der Waals surface area contributed by atoms with E-state index in [4.69, 9.17) is 4.74 Å². The number of benzene rings is 2. The third-order valence-electron chi connectivity index (χ3n) is 5.83. The van der Waals surface area contributed by atoms with Crippen molar-refractivity contribution in [3.05, 3.63) is 53.1 Å². The van der Waals surface area contributed by atoms with E-state index in [1.807, 2.05) is 0 Å². The predicted molar refractivity (Wildman–Crippen MR) is 127 cm³/mol. The molecule has 33 heavy (non-hydrogen) atoms. The predicted octanol–water partition coefficient (Wildman–Crippen LogP) is 3.15. The maximum absolute atomic E-state index is 12.6. The molecule has 0 spiro atoms. The molecule has 0 unspecified atom stereocenters. The van der Waals surface area contributed by atoms with Gasteiger partial charge in [-0.1, -0.05) is 12.8 Å². The molecule has 0 bridgehead atoms. The van der Waals surface area contributed by atoms with Gasteiger partial charge >= 0.3 is 0 Å². The second kappa shape index (κ2) is 10.8. The van der Waals surface area contributed by atoms with Crippen molar-refractivity contribution in [3.63, 3.8) is 0 Å². The lowest BCUT2D eigenvalue weighted by Crippen LogP contribution is -2.35. The Kier molecular flexibility index (Phi) is 8.10. The van der Waals surface area contributed by atoms with Crippen molar-refractivity contribution in [2.24, 2.45) is 5.92 Å². The van der Waals surface area contributed by atoms with Crippen LogP contribution in [0.15, 0.2) is 41.3 Å². The van der Waals surface area contributed by atoms with E-state index in [0.717, 1.165) is 31.2 Å². The number of carbonyl (C=O) groups excluding carboxylic acids is 2. The number of ether oxygens (including phenoxy) is 1. The maximum atomic E-state index is 12.6. The van der Waals surface area contributed by atoms with Gasteiger partial charge in [-0.2, -0.15) is 0 Å². The van der Waals surface area contributed by atoms with Crippen LogP contribution in [0.25, 0.3) is 0 Å². The second-order valence-corrected chi connectivity index (χ2v) is 10.0. The fourth-order valence-corrected chi connectivity index (χ4v) is 5.29. The fraction of sp³-hybridized carbons (Fsp3) is 0.417. The van der Waals surface area contributed by atoms with Gasteiger partial charge in [-0.15, -0.1) is 0 Å². The molecular formula is C24H31N3O5S. The average Bonchev–Trinajstić information content (AvgIpc) is 3.33. The molecule has 9 heteroatoms. The van der Waals surface area contributed by atoms with E-state index in [9.17, 15) is 18.0 Å². The molecule has 2 aromatic carbocycles. The minimum absolute atomic E-state index is 0.0271. The lowest BCUT2D eigenvalue weighted by molar-refractivity contribution is -0.119. The van der Waals surface area contributed by atoms with Crippen molar-refractivity contribution in [2.75, 3.05) is 25.5 Å². The van der Waals surface area contributed by atoms with E-state index in [1.165, 1.54) is 7.11 Å². The molecule has 0 aliphatic heterocycles. The molecule has 178 valence electrons. The number of sulfonamides is 1. The van der Waals surface area contributed by atoms with E-state index in [2.05, 4.69) is 15.4 Å². The minimum Gasteiger partial charge on any atom is -0.496 e. The van der Waals surface area contributed by atoms with E-state index in [1.54, 1.807) is 50.2 Å². The summed E-state index contributed by atoms with van der Waals surface area (Å²) >= 11 is 0. The summed E-state index contributed by atoms with van der Waals surface area (Å²) in [7, 11) is -2.18. The first kappa shape index (κ1) is 24.7. The first-order valence-electron chi connectivity index (χ1n) is 11.1. The van der Waals surface area contributed by atoms with Crippen LogP contribution in [-0.4, -0.2) is 40.4 Å². The molecule has 2 aromatic rings. The van der Waals surface area contributed by atoms with Gasteiger partial charge in [0.05, 0.1) is 12.0 Å². The molecule has 3 rings (SSSR count). The molecule has 0 saturated heterocycles. The highest BCUT2D eigenvalue weighted by molar-refractivity contribution is 7.89. The lowest BCUT2D eigenvalue weighted by atomic mass is 10.1. The number of hydrogen-bond acceptors (Lipinski definition) is 5. The van der Waals surface area contributed by atoms with Gasteiger partial charge in [0.25, 0.3) is 5.91 Å². The Morgan fingerprint density at radius 3 is 2.30 bits per heavy atom. The first-order chi connectivity index (χ1) is 15.7. The number of carbonyl (C=O) groups is 2. The van der Waals surface area contributed by atoms with Gasteiger partial charge in [0, 0.05) is 30.3 Å². The largest absolute Gasteiger partial charge is 0.496 e. The summed E-state index contributed by atoms with van der Waals surface area (Å²) in [4.78, 5) is 24.8. The van der Waals surface area contributed by atoms with Gasteiger partial charge in [0.15, 0.2) is 0 Å². The van der Waals surface area contributed by atoms with Crippen LogP contribution < -0.4 is 20.1 Å². The number of rotatable bonds is 9. The summed E-state index contributed by atoms with van der Waals surface area (Å²) < 4.78 is 33.0. The van der Waals surface area contributed by atoms with Crippen molar-refractivity contribution in [1.82, 2.24) is 10.0 Å². The number of methoxy groups -OCH3 is 1. The van der Waals surface area contributed by atoms with Gasteiger partial charge < -0.3 is 15.4 Å². The van der Waals surface area contributed by atoms with E-state index in [-0.39, 0.29) is 35.7 Å². The molecule has 2 amide bonds. The molecule has 3 N–H and O–H groups in total. The third-order valence-corrected chi connectivity index (χ3v) is 7.43. The number of amides is 2. The van der Waals surface area contributed by atoms with Crippen LogP contribution in [0.5, 0.6) is 5.75 Å². The number of nitrogens with one attached hydrogen (secondary N) is 3. The van der Waals surface area contributed by atoms with Gasteiger partial charge in [0.1, 0.15) is 5.75 Å². The Hall–Kier alpha value is -2.91. The molecular weight excluding hydrogens is 442 g/mol.